The van der Waals surface area contributed by atoms with Gasteiger partial charge in [0, 0.05) is 18.2 Å². The SMILES string of the molecule is CCC(=O)N(c1nnc(SCc2cc(Cl)c3c(c2)OCO3)s1)C1CC1. The maximum Gasteiger partial charge on any atom is 0.231 e. The molecule has 4 rings (SSSR count). The van der Waals surface area contributed by atoms with Crippen LogP contribution in [0, 0.1) is 0 Å². The number of carbonyl (C=O) groups excluding carboxylic acids is 1. The van der Waals surface area contributed by atoms with Crippen molar-refractivity contribution in [3.05, 3.63) is 22.7 Å². The molecule has 1 aromatic heterocycles. The van der Waals surface area contributed by atoms with E-state index in [0.29, 0.717) is 39.9 Å². The number of amides is 1. The van der Waals surface area contributed by atoms with Crippen LogP contribution in [0.15, 0.2) is 16.5 Å². The van der Waals surface area contributed by atoms with E-state index in [0.717, 1.165) is 22.7 Å². The standard InChI is InChI=1S/C16H16ClN3O3S2/c1-2-13(21)20(10-3-4-10)15-18-19-16(25-15)24-7-9-5-11(17)14-12(6-9)22-8-23-14/h5-6,10H,2-4,7-8H2,1H3. The highest BCUT2D eigenvalue weighted by Gasteiger charge is 2.35. The Bertz CT molecular complexity index is 810. The first-order valence-electron chi connectivity index (χ1n) is 8.02. The second-order valence-corrected chi connectivity index (χ2v) is 8.38. The van der Waals surface area contributed by atoms with Gasteiger partial charge >= 0.3 is 0 Å². The molecule has 1 aliphatic heterocycles. The number of fused-ring (bicyclic) bond motifs is 1. The lowest BCUT2D eigenvalue weighted by Gasteiger charge is -2.17. The summed E-state index contributed by atoms with van der Waals surface area (Å²) in [6.45, 7) is 2.08. The quantitative estimate of drug-likeness (QED) is 0.539. The summed E-state index contributed by atoms with van der Waals surface area (Å²) >= 11 is 9.24. The molecule has 0 radical (unpaired) electrons. The third kappa shape index (κ3) is 3.56. The predicted molar refractivity (Wildman–Crippen MR) is 97.8 cm³/mol. The van der Waals surface area contributed by atoms with E-state index >= 15 is 0 Å². The van der Waals surface area contributed by atoms with Crippen molar-refractivity contribution in [2.45, 2.75) is 42.3 Å². The van der Waals surface area contributed by atoms with Crippen LogP contribution in [0.25, 0.3) is 0 Å². The Labute approximate surface area is 158 Å². The number of hydrogen-bond acceptors (Lipinski definition) is 7. The molecule has 1 fully saturated rings. The van der Waals surface area contributed by atoms with Crippen LogP contribution in [0.1, 0.15) is 31.7 Å². The van der Waals surface area contributed by atoms with Crippen molar-refractivity contribution in [2.75, 3.05) is 11.7 Å². The Morgan fingerprint density at radius 2 is 2.24 bits per heavy atom. The number of ether oxygens (including phenoxy) is 2. The average molecular weight is 398 g/mol. The van der Waals surface area contributed by atoms with Gasteiger partial charge in [0.2, 0.25) is 17.8 Å². The van der Waals surface area contributed by atoms with E-state index < -0.39 is 0 Å². The molecule has 0 saturated heterocycles. The first-order chi connectivity index (χ1) is 12.2. The zero-order chi connectivity index (χ0) is 17.4. The van der Waals surface area contributed by atoms with Gasteiger partial charge in [0.25, 0.3) is 0 Å². The lowest BCUT2D eigenvalue weighted by Crippen LogP contribution is -2.32. The Hall–Kier alpha value is -1.51. The molecule has 0 atom stereocenters. The van der Waals surface area contributed by atoms with Gasteiger partial charge in [-0.3, -0.25) is 9.69 Å². The molecule has 2 heterocycles. The summed E-state index contributed by atoms with van der Waals surface area (Å²) in [5, 5.41) is 9.69. The summed E-state index contributed by atoms with van der Waals surface area (Å²) in [7, 11) is 0. The van der Waals surface area contributed by atoms with Gasteiger partial charge in [0.05, 0.1) is 5.02 Å². The van der Waals surface area contributed by atoms with Gasteiger partial charge in [-0.2, -0.15) is 0 Å². The molecular weight excluding hydrogens is 382 g/mol. The summed E-state index contributed by atoms with van der Waals surface area (Å²) in [5.41, 5.74) is 1.03. The first kappa shape index (κ1) is 16.9. The summed E-state index contributed by atoms with van der Waals surface area (Å²) in [4.78, 5) is 14.0. The van der Waals surface area contributed by atoms with E-state index in [1.807, 2.05) is 19.1 Å². The van der Waals surface area contributed by atoms with Crippen LogP contribution >= 0.6 is 34.7 Å². The highest BCUT2D eigenvalue weighted by atomic mass is 35.5. The molecule has 2 aliphatic rings. The van der Waals surface area contributed by atoms with Crippen molar-refractivity contribution < 1.29 is 14.3 Å². The second-order valence-electron chi connectivity index (χ2n) is 5.80. The van der Waals surface area contributed by atoms with Crippen LogP contribution < -0.4 is 14.4 Å². The van der Waals surface area contributed by atoms with Crippen molar-refractivity contribution in [1.82, 2.24) is 10.2 Å². The van der Waals surface area contributed by atoms with Crippen molar-refractivity contribution in [3.63, 3.8) is 0 Å². The van der Waals surface area contributed by atoms with E-state index in [1.54, 1.807) is 16.7 Å². The van der Waals surface area contributed by atoms with Gasteiger partial charge < -0.3 is 9.47 Å². The highest BCUT2D eigenvalue weighted by molar-refractivity contribution is 8.00. The molecule has 132 valence electrons. The number of hydrogen-bond donors (Lipinski definition) is 0. The smallest absolute Gasteiger partial charge is 0.231 e. The van der Waals surface area contributed by atoms with Crippen molar-refractivity contribution >= 4 is 45.7 Å². The third-order valence-corrected chi connectivity index (χ3v) is 6.34. The lowest BCUT2D eigenvalue weighted by atomic mass is 10.2. The molecule has 0 N–H and O–H groups in total. The number of rotatable bonds is 6. The summed E-state index contributed by atoms with van der Waals surface area (Å²) < 4.78 is 11.5. The molecule has 2 aromatic rings. The van der Waals surface area contributed by atoms with Gasteiger partial charge in [-0.1, -0.05) is 41.6 Å². The second kappa shape index (κ2) is 7.01. The fourth-order valence-corrected chi connectivity index (χ4v) is 4.72. The van der Waals surface area contributed by atoms with Crippen LogP contribution in [0.2, 0.25) is 5.02 Å². The lowest BCUT2D eigenvalue weighted by molar-refractivity contribution is -0.118. The summed E-state index contributed by atoms with van der Waals surface area (Å²) in [6, 6.07) is 4.10. The number of thioether (sulfide) groups is 1. The van der Waals surface area contributed by atoms with Crippen molar-refractivity contribution in [3.8, 4) is 11.5 Å². The Morgan fingerprint density at radius 3 is 3.00 bits per heavy atom. The molecule has 1 saturated carbocycles. The molecule has 0 spiro atoms. The van der Waals surface area contributed by atoms with E-state index in [9.17, 15) is 4.79 Å². The molecule has 1 amide bonds. The van der Waals surface area contributed by atoms with Crippen LogP contribution in [-0.2, 0) is 10.5 Å². The van der Waals surface area contributed by atoms with Crippen LogP contribution in [0.3, 0.4) is 0 Å². The fraction of sp³-hybridized carbons (Fsp3) is 0.438. The van der Waals surface area contributed by atoms with Gasteiger partial charge in [-0.05, 0) is 30.5 Å². The largest absolute Gasteiger partial charge is 0.454 e. The van der Waals surface area contributed by atoms with Gasteiger partial charge in [0.15, 0.2) is 15.8 Å². The number of anilines is 1. The van der Waals surface area contributed by atoms with Gasteiger partial charge in [0.1, 0.15) is 0 Å². The van der Waals surface area contributed by atoms with E-state index in [2.05, 4.69) is 10.2 Å². The summed E-state index contributed by atoms with van der Waals surface area (Å²) in [5.74, 6) is 2.08. The Balaban J connectivity index is 1.45. The average Bonchev–Trinajstić information content (AvgIpc) is 3.12. The van der Waals surface area contributed by atoms with Crippen molar-refractivity contribution in [1.29, 1.82) is 0 Å². The van der Waals surface area contributed by atoms with Crippen molar-refractivity contribution in [2.24, 2.45) is 0 Å². The monoisotopic (exact) mass is 397 g/mol. The molecule has 9 heteroatoms. The minimum atomic E-state index is 0.109. The minimum Gasteiger partial charge on any atom is -0.454 e. The predicted octanol–water partition coefficient (Wildman–Crippen LogP) is 4.12. The van der Waals surface area contributed by atoms with Gasteiger partial charge in [-0.25, -0.2) is 0 Å². The first-order valence-corrected chi connectivity index (χ1v) is 10.2. The van der Waals surface area contributed by atoms with Crippen LogP contribution in [0.4, 0.5) is 5.13 Å². The molecule has 6 nitrogen and oxygen atoms in total. The fourth-order valence-electron chi connectivity index (χ4n) is 2.58. The van der Waals surface area contributed by atoms with Crippen LogP contribution in [0.5, 0.6) is 11.5 Å². The molecule has 1 aliphatic carbocycles. The molecular formula is C16H16ClN3O3S2. The third-order valence-electron chi connectivity index (χ3n) is 3.93. The Morgan fingerprint density at radius 1 is 1.40 bits per heavy atom. The maximum atomic E-state index is 12.1. The molecule has 0 unspecified atom stereocenters. The number of carbonyl (C=O) groups is 1. The molecule has 25 heavy (non-hydrogen) atoms. The normalized spacial score (nSPS) is 15.4. The van der Waals surface area contributed by atoms with E-state index in [1.165, 1.54) is 11.3 Å². The highest BCUT2D eigenvalue weighted by Crippen LogP contribution is 2.41. The number of benzene rings is 1. The van der Waals surface area contributed by atoms with Gasteiger partial charge in [-0.15, -0.1) is 10.2 Å². The van der Waals surface area contributed by atoms with E-state index in [4.69, 9.17) is 21.1 Å². The molecule has 1 aromatic carbocycles. The topological polar surface area (TPSA) is 64.6 Å². The maximum absolute atomic E-state index is 12.1. The van der Waals surface area contributed by atoms with E-state index in [-0.39, 0.29) is 12.7 Å². The summed E-state index contributed by atoms with van der Waals surface area (Å²) in [6.07, 6.45) is 2.57. The zero-order valence-electron chi connectivity index (χ0n) is 13.5. The number of halogens is 1. The minimum absolute atomic E-state index is 0.109. The Kier molecular flexibility index (Phi) is 4.75. The number of nitrogens with zero attached hydrogens (tertiary/aromatic N) is 3. The van der Waals surface area contributed by atoms with Crippen LogP contribution in [-0.4, -0.2) is 28.9 Å². The molecule has 0 bridgehead atoms. The zero-order valence-corrected chi connectivity index (χ0v) is 15.9. The number of aromatic nitrogens is 2.